The molecule has 1 aliphatic heterocycles. The van der Waals surface area contributed by atoms with Crippen molar-refractivity contribution in [2.24, 2.45) is 5.41 Å². The summed E-state index contributed by atoms with van der Waals surface area (Å²) in [6.45, 7) is 3.80. The Morgan fingerprint density at radius 3 is 2.86 bits per heavy atom. The van der Waals surface area contributed by atoms with E-state index in [4.69, 9.17) is 0 Å². The number of para-hydroxylation sites is 1. The molecule has 3 rings (SSSR count). The molecule has 2 N–H and O–H groups in total. The summed E-state index contributed by atoms with van der Waals surface area (Å²) in [5.74, 6) is 0.110. The van der Waals surface area contributed by atoms with Gasteiger partial charge in [0.1, 0.15) is 0 Å². The van der Waals surface area contributed by atoms with Gasteiger partial charge in [0.2, 0.25) is 5.91 Å². The van der Waals surface area contributed by atoms with Crippen LogP contribution in [0.4, 0.5) is 5.69 Å². The number of benzene rings is 1. The predicted molar refractivity (Wildman–Crippen MR) is 88.6 cm³/mol. The summed E-state index contributed by atoms with van der Waals surface area (Å²) in [6.07, 6.45) is 1.99. The number of carbonyl (C=O) groups excluding carboxylic acids is 1. The fraction of sp³-hybridized carbons (Fsp3) is 0.353. The Hall–Kier alpha value is -1.65. The van der Waals surface area contributed by atoms with E-state index in [1.54, 1.807) is 11.3 Å². The molecule has 0 spiro atoms. The first kappa shape index (κ1) is 14.3. The molecule has 1 aliphatic rings. The molecule has 1 unspecified atom stereocenters. The summed E-state index contributed by atoms with van der Waals surface area (Å²) >= 11 is 1.69. The van der Waals surface area contributed by atoms with Crippen LogP contribution in [0.1, 0.15) is 19.8 Å². The molecule has 1 fully saturated rings. The third-order valence-electron chi connectivity index (χ3n) is 4.11. The molecule has 1 saturated heterocycles. The largest absolute Gasteiger partial charge is 0.325 e. The molecule has 4 heteroatoms. The third kappa shape index (κ3) is 3.01. The second-order valence-electron chi connectivity index (χ2n) is 5.82. The highest BCUT2D eigenvalue weighted by molar-refractivity contribution is 7.13. The minimum atomic E-state index is -0.319. The lowest BCUT2D eigenvalue weighted by molar-refractivity contribution is -0.125. The number of rotatable bonds is 3. The number of anilines is 1. The second-order valence-corrected chi connectivity index (χ2v) is 6.77. The molecule has 1 atom stereocenters. The Kier molecular flexibility index (Phi) is 4.08. The van der Waals surface area contributed by atoms with Crippen LogP contribution in [-0.2, 0) is 4.79 Å². The molecular weight excluding hydrogens is 280 g/mol. The molecule has 110 valence electrons. The van der Waals surface area contributed by atoms with Gasteiger partial charge in [0.15, 0.2) is 0 Å². The lowest BCUT2D eigenvalue weighted by atomic mass is 9.82. The molecule has 3 nitrogen and oxygen atoms in total. The number of amides is 1. The Morgan fingerprint density at radius 1 is 1.29 bits per heavy atom. The van der Waals surface area contributed by atoms with Crippen molar-refractivity contribution in [1.82, 2.24) is 5.32 Å². The highest BCUT2D eigenvalue weighted by Crippen LogP contribution is 2.33. The van der Waals surface area contributed by atoms with Crippen LogP contribution in [0, 0.1) is 5.41 Å². The summed E-state index contributed by atoms with van der Waals surface area (Å²) in [5.41, 5.74) is 1.67. The van der Waals surface area contributed by atoms with E-state index in [2.05, 4.69) is 28.1 Å². The molecule has 0 saturated carbocycles. The maximum absolute atomic E-state index is 12.7. The van der Waals surface area contributed by atoms with Crippen molar-refractivity contribution in [3.05, 3.63) is 41.8 Å². The van der Waals surface area contributed by atoms with Crippen molar-refractivity contribution in [2.45, 2.75) is 19.8 Å². The van der Waals surface area contributed by atoms with Gasteiger partial charge in [0, 0.05) is 22.7 Å². The molecule has 0 aliphatic carbocycles. The van der Waals surface area contributed by atoms with Crippen LogP contribution in [0.2, 0.25) is 0 Å². The summed E-state index contributed by atoms with van der Waals surface area (Å²) < 4.78 is 0. The van der Waals surface area contributed by atoms with E-state index < -0.39 is 0 Å². The summed E-state index contributed by atoms with van der Waals surface area (Å²) in [7, 11) is 0. The van der Waals surface area contributed by atoms with E-state index in [1.807, 2.05) is 31.2 Å². The number of carbonyl (C=O) groups is 1. The van der Waals surface area contributed by atoms with Crippen molar-refractivity contribution < 1.29 is 4.79 Å². The number of piperidine rings is 1. The van der Waals surface area contributed by atoms with Gasteiger partial charge < -0.3 is 10.6 Å². The van der Waals surface area contributed by atoms with Crippen LogP contribution in [0.15, 0.2) is 41.8 Å². The van der Waals surface area contributed by atoms with Gasteiger partial charge in [-0.2, -0.15) is 0 Å². The van der Waals surface area contributed by atoms with Gasteiger partial charge in [0.05, 0.1) is 5.41 Å². The Balaban J connectivity index is 1.83. The van der Waals surface area contributed by atoms with Crippen LogP contribution in [0.25, 0.3) is 10.4 Å². The van der Waals surface area contributed by atoms with E-state index in [-0.39, 0.29) is 11.3 Å². The van der Waals surface area contributed by atoms with Crippen molar-refractivity contribution in [1.29, 1.82) is 0 Å². The smallest absolute Gasteiger partial charge is 0.231 e. The third-order valence-corrected chi connectivity index (χ3v) is 5.01. The zero-order valence-corrected chi connectivity index (χ0v) is 13.0. The van der Waals surface area contributed by atoms with Crippen LogP contribution in [-0.4, -0.2) is 19.0 Å². The average molecular weight is 300 g/mol. The minimum Gasteiger partial charge on any atom is -0.325 e. The molecule has 1 aromatic carbocycles. The van der Waals surface area contributed by atoms with E-state index in [0.29, 0.717) is 0 Å². The van der Waals surface area contributed by atoms with Crippen LogP contribution in [0.5, 0.6) is 0 Å². The molecule has 0 bridgehead atoms. The van der Waals surface area contributed by atoms with E-state index in [0.717, 1.165) is 37.2 Å². The maximum Gasteiger partial charge on any atom is 0.231 e. The summed E-state index contributed by atoms with van der Waals surface area (Å²) in [6, 6.07) is 12.1. The number of hydrogen-bond donors (Lipinski definition) is 2. The SMILES string of the molecule is CC1(C(=O)Nc2ccccc2-c2cccs2)CCCNC1. The highest BCUT2D eigenvalue weighted by atomic mass is 32.1. The fourth-order valence-electron chi connectivity index (χ4n) is 2.76. The van der Waals surface area contributed by atoms with Gasteiger partial charge in [-0.15, -0.1) is 11.3 Å². The van der Waals surface area contributed by atoms with Crippen LogP contribution < -0.4 is 10.6 Å². The standard InChI is InChI=1S/C17H20N2OS/c1-17(9-5-10-18-12-17)16(20)19-14-7-3-2-6-13(14)15-8-4-11-21-15/h2-4,6-8,11,18H,5,9-10,12H2,1H3,(H,19,20). The van der Waals surface area contributed by atoms with Crippen LogP contribution >= 0.6 is 11.3 Å². The molecular formula is C17H20N2OS. The van der Waals surface area contributed by atoms with Crippen molar-refractivity contribution >= 4 is 22.9 Å². The van der Waals surface area contributed by atoms with E-state index >= 15 is 0 Å². The second kappa shape index (κ2) is 6.00. The van der Waals surface area contributed by atoms with Crippen molar-refractivity contribution in [3.8, 4) is 10.4 Å². The van der Waals surface area contributed by atoms with Gasteiger partial charge in [0.25, 0.3) is 0 Å². The molecule has 2 aromatic rings. The topological polar surface area (TPSA) is 41.1 Å². The molecule has 1 aromatic heterocycles. The lowest BCUT2D eigenvalue weighted by Gasteiger charge is -2.32. The van der Waals surface area contributed by atoms with Gasteiger partial charge in [-0.05, 0) is 43.8 Å². The molecule has 2 heterocycles. The molecule has 1 amide bonds. The zero-order valence-electron chi connectivity index (χ0n) is 12.2. The molecule has 21 heavy (non-hydrogen) atoms. The maximum atomic E-state index is 12.7. The highest BCUT2D eigenvalue weighted by Gasteiger charge is 2.34. The van der Waals surface area contributed by atoms with Gasteiger partial charge in [-0.3, -0.25) is 4.79 Å². The number of nitrogens with one attached hydrogen (secondary N) is 2. The van der Waals surface area contributed by atoms with Gasteiger partial charge >= 0.3 is 0 Å². The molecule has 0 radical (unpaired) electrons. The first-order chi connectivity index (χ1) is 10.2. The predicted octanol–water partition coefficient (Wildman–Crippen LogP) is 3.74. The monoisotopic (exact) mass is 300 g/mol. The van der Waals surface area contributed by atoms with Crippen molar-refractivity contribution in [2.75, 3.05) is 18.4 Å². The quantitative estimate of drug-likeness (QED) is 0.906. The first-order valence-electron chi connectivity index (χ1n) is 7.34. The fourth-order valence-corrected chi connectivity index (χ4v) is 3.53. The Morgan fingerprint density at radius 2 is 2.14 bits per heavy atom. The normalized spacial score (nSPS) is 22.0. The van der Waals surface area contributed by atoms with Crippen LogP contribution in [0.3, 0.4) is 0 Å². The summed E-state index contributed by atoms with van der Waals surface area (Å²) in [5, 5.41) is 8.52. The van der Waals surface area contributed by atoms with Crippen molar-refractivity contribution in [3.63, 3.8) is 0 Å². The zero-order chi connectivity index (χ0) is 14.7. The van der Waals surface area contributed by atoms with Gasteiger partial charge in [-0.25, -0.2) is 0 Å². The van der Waals surface area contributed by atoms with E-state index in [1.165, 1.54) is 4.88 Å². The van der Waals surface area contributed by atoms with Gasteiger partial charge in [-0.1, -0.05) is 24.3 Å². The number of thiophene rings is 1. The van der Waals surface area contributed by atoms with E-state index in [9.17, 15) is 4.79 Å². The first-order valence-corrected chi connectivity index (χ1v) is 8.22. The summed E-state index contributed by atoms with van der Waals surface area (Å²) in [4.78, 5) is 13.8. The number of hydrogen-bond acceptors (Lipinski definition) is 3. The Bertz CT molecular complexity index is 615. The lowest BCUT2D eigenvalue weighted by Crippen LogP contribution is -2.46. The minimum absolute atomic E-state index is 0.110. The Labute approximate surface area is 129 Å². The average Bonchev–Trinajstić information content (AvgIpc) is 3.02.